The average molecular weight is 293 g/mol. The molecule has 0 fully saturated rings. The van der Waals surface area contributed by atoms with Crippen LogP contribution in [0.1, 0.15) is 41.7 Å². The number of rotatable bonds is 3. The predicted molar refractivity (Wildman–Crippen MR) is 90.4 cm³/mol. The Labute approximate surface area is 132 Å². The van der Waals surface area contributed by atoms with E-state index in [4.69, 9.17) is 0 Å². The van der Waals surface area contributed by atoms with Crippen LogP contribution in [0.5, 0.6) is 0 Å². The molecule has 2 aliphatic rings. The van der Waals surface area contributed by atoms with Crippen molar-refractivity contribution >= 4 is 5.69 Å². The Morgan fingerprint density at radius 1 is 1.09 bits per heavy atom. The van der Waals surface area contributed by atoms with Gasteiger partial charge in [-0.25, -0.2) is 0 Å². The van der Waals surface area contributed by atoms with E-state index in [1.165, 1.54) is 41.6 Å². The summed E-state index contributed by atoms with van der Waals surface area (Å²) in [6, 6.07) is 15.6. The lowest BCUT2D eigenvalue weighted by molar-refractivity contribution is 0.181. The molecule has 1 aliphatic carbocycles. The smallest absolute Gasteiger partial charge is 0.0965 e. The van der Waals surface area contributed by atoms with E-state index in [0.29, 0.717) is 12.6 Å². The van der Waals surface area contributed by atoms with Crippen LogP contribution in [-0.4, -0.2) is 17.7 Å². The van der Waals surface area contributed by atoms with Crippen molar-refractivity contribution in [3.8, 4) is 0 Å². The fourth-order valence-corrected chi connectivity index (χ4v) is 4.00. The van der Waals surface area contributed by atoms with Gasteiger partial charge in [0, 0.05) is 18.3 Å². The van der Waals surface area contributed by atoms with E-state index < -0.39 is 6.10 Å². The van der Waals surface area contributed by atoms with Gasteiger partial charge in [-0.15, -0.1) is 0 Å². The van der Waals surface area contributed by atoms with Crippen molar-refractivity contribution in [1.82, 2.24) is 0 Å². The van der Waals surface area contributed by atoms with E-state index >= 15 is 0 Å². The summed E-state index contributed by atoms with van der Waals surface area (Å²) in [6.07, 6.45) is 4.28. The zero-order valence-electron chi connectivity index (χ0n) is 13.1. The molecule has 0 aromatic heterocycles. The average Bonchev–Trinajstić information content (AvgIpc) is 3.11. The molecular formula is C20H23NO. The second-order valence-electron chi connectivity index (χ2n) is 6.73. The van der Waals surface area contributed by atoms with Crippen LogP contribution in [-0.2, 0) is 19.3 Å². The van der Waals surface area contributed by atoms with Gasteiger partial charge in [0.05, 0.1) is 6.10 Å². The molecule has 0 saturated carbocycles. The van der Waals surface area contributed by atoms with Crippen LogP contribution >= 0.6 is 0 Å². The van der Waals surface area contributed by atoms with Crippen molar-refractivity contribution in [2.45, 2.75) is 44.8 Å². The first kappa shape index (κ1) is 13.8. The number of fused-ring (bicyclic) bond motifs is 2. The highest BCUT2D eigenvalue weighted by molar-refractivity contribution is 5.59. The minimum absolute atomic E-state index is 0.417. The molecule has 0 amide bonds. The number of hydrogen-bond acceptors (Lipinski definition) is 2. The standard InChI is InChI=1S/C20H23NO/c1-14-11-17-5-2-3-8-19(17)21(14)13-20(22)18-10-9-15-6-4-7-16(15)12-18/h2-3,5,8-10,12,14,20,22H,4,6-7,11,13H2,1H3. The molecule has 22 heavy (non-hydrogen) atoms. The molecule has 1 heterocycles. The first-order chi connectivity index (χ1) is 10.7. The van der Waals surface area contributed by atoms with Crippen molar-refractivity contribution < 1.29 is 5.11 Å². The third kappa shape index (κ3) is 2.32. The van der Waals surface area contributed by atoms with Gasteiger partial charge in [0.2, 0.25) is 0 Å². The Morgan fingerprint density at radius 3 is 2.82 bits per heavy atom. The molecule has 4 rings (SSSR count). The molecule has 2 nitrogen and oxygen atoms in total. The fourth-order valence-electron chi connectivity index (χ4n) is 4.00. The number of para-hydroxylation sites is 1. The normalized spacial score (nSPS) is 20.8. The van der Waals surface area contributed by atoms with Gasteiger partial charge >= 0.3 is 0 Å². The second kappa shape index (κ2) is 5.44. The van der Waals surface area contributed by atoms with Crippen LogP contribution in [0.15, 0.2) is 42.5 Å². The Balaban J connectivity index is 1.56. The van der Waals surface area contributed by atoms with E-state index in [-0.39, 0.29) is 0 Å². The molecule has 1 N–H and O–H groups in total. The summed E-state index contributed by atoms with van der Waals surface area (Å²) in [5, 5.41) is 10.7. The van der Waals surface area contributed by atoms with Crippen LogP contribution < -0.4 is 4.90 Å². The molecule has 2 aromatic carbocycles. The Hall–Kier alpha value is -1.80. The van der Waals surface area contributed by atoms with Gasteiger partial charge in [-0.3, -0.25) is 0 Å². The van der Waals surface area contributed by atoms with Crippen LogP contribution in [0.4, 0.5) is 5.69 Å². The van der Waals surface area contributed by atoms with Crippen molar-refractivity contribution in [1.29, 1.82) is 0 Å². The summed E-state index contributed by atoms with van der Waals surface area (Å²) in [7, 11) is 0. The highest BCUT2D eigenvalue weighted by atomic mass is 16.3. The van der Waals surface area contributed by atoms with Gasteiger partial charge in [-0.05, 0) is 60.9 Å². The monoisotopic (exact) mass is 293 g/mol. The maximum absolute atomic E-state index is 10.7. The number of nitrogens with zero attached hydrogens (tertiary/aromatic N) is 1. The number of β-amino-alcohol motifs (C(OH)–C–C–N with tert-alkyl or cyclic N) is 1. The molecule has 0 radical (unpaired) electrons. The van der Waals surface area contributed by atoms with Gasteiger partial charge in [0.15, 0.2) is 0 Å². The summed E-state index contributed by atoms with van der Waals surface area (Å²) < 4.78 is 0. The number of aliphatic hydroxyl groups excluding tert-OH is 1. The van der Waals surface area contributed by atoms with Gasteiger partial charge in [0.1, 0.15) is 0 Å². The number of aryl methyl sites for hydroxylation is 2. The van der Waals surface area contributed by atoms with Crippen LogP contribution in [0, 0.1) is 0 Å². The zero-order valence-corrected chi connectivity index (χ0v) is 13.1. The lowest BCUT2D eigenvalue weighted by Gasteiger charge is -2.28. The molecule has 2 unspecified atom stereocenters. The third-order valence-corrected chi connectivity index (χ3v) is 5.23. The zero-order chi connectivity index (χ0) is 15.1. The highest BCUT2D eigenvalue weighted by Crippen LogP contribution is 2.34. The molecule has 2 atom stereocenters. The van der Waals surface area contributed by atoms with Gasteiger partial charge in [-0.2, -0.15) is 0 Å². The van der Waals surface area contributed by atoms with Crippen LogP contribution in [0.25, 0.3) is 0 Å². The van der Waals surface area contributed by atoms with E-state index in [9.17, 15) is 5.11 Å². The quantitative estimate of drug-likeness (QED) is 0.933. The molecule has 0 spiro atoms. The number of benzene rings is 2. The Kier molecular flexibility index (Phi) is 3.42. The summed E-state index contributed by atoms with van der Waals surface area (Å²) >= 11 is 0. The molecule has 1 aliphatic heterocycles. The summed E-state index contributed by atoms with van der Waals surface area (Å²) in [4.78, 5) is 2.35. The molecule has 114 valence electrons. The van der Waals surface area contributed by atoms with E-state index in [0.717, 1.165) is 12.0 Å². The number of hydrogen-bond donors (Lipinski definition) is 1. The Morgan fingerprint density at radius 2 is 1.91 bits per heavy atom. The van der Waals surface area contributed by atoms with Gasteiger partial charge < -0.3 is 10.0 Å². The highest BCUT2D eigenvalue weighted by Gasteiger charge is 2.27. The molecule has 2 heteroatoms. The fraction of sp³-hybridized carbons (Fsp3) is 0.400. The van der Waals surface area contributed by atoms with Crippen LogP contribution in [0.2, 0.25) is 0 Å². The Bertz CT molecular complexity index is 694. The molecule has 2 aromatic rings. The molecule has 0 saturated heterocycles. The first-order valence-electron chi connectivity index (χ1n) is 8.36. The lowest BCUT2D eigenvalue weighted by Crippen LogP contribution is -2.33. The SMILES string of the molecule is CC1Cc2ccccc2N1CC(O)c1ccc2c(c1)CCC2. The van der Waals surface area contributed by atoms with E-state index in [2.05, 4.69) is 54.3 Å². The van der Waals surface area contributed by atoms with Crippen molar-refractivity contribution in [3.63, 3.8) is 0 Å². The number of aliphatic hydroxyl groups is 1. The van der Waals surface area contributed by atoms with Crippen LogP contribution in [0.3, 0.4) is 0 Å². The maximum Gasteiger partial charge on any atom is 0.0965 e. The summed E-state index contributed by atoms with van der Waals surface area (Å²) in [6.45, 7) is 2.92. The maximum atomic E-state index is 10.7. The largest absolute Gasteiger partial charge is 0.387 e. The summed E-state index contributed by atoms with van der Waals surface area (Å²) in [5.41, 5.74) is 6.66. The van der Waals surface area contributed by atoms with E-state index in [1.807, 2.05) is 0 Å². The predicted octanol–water partition coefficient (Wildman–Crippen LogP) is 3.66. The van der Waals surface area contributed by atoms with Gasteiger partial charge in [-0.1, -0.05) is 36.4 Å². The van der Waals surface area contributed by atoms with Crippen molar-refractivity contribution in [3.05, 3.63) is 64.7 Å². The first-order valence-corrected chi connectivity index (χ1v) is 8.36. The minimum Gasteiger partial charge on any atom is -0.387 e. The summed E-state index contributed by atoms with van der Waals surface area (Å²) in [5.74, 6) is 0. The second-order valence-corrected chi connectivity index (χ2v) is 6.73. The van der Waals surface area contributed by atoms with Gasteiger partial charge in [0.25, 0.3) is 0 Å². The lowest BCUT2D eigenvalue weighted by atomic mass is 10.0. The van der Waals surface area contributed by atoms with E-state index in [1.54, 1.807) is 0 Å². The third-order valence-electron chi connectivity index (χ3n) is 5.23. The molecule has 0 bridgehead atoms. The van der Waals surface area contributed by atoms with Crippen molar-refractivity contribution in [2.24, 2.45) is 0 Å². The topological polar surface area (TPSA) is 23.5 Å². The van der Waals surface area contributed by atoms with Crippen molar-refractivity contribution in [2.75, 3.05) is 11.4 Å². The molecular weight excluding hydrogens is 270 g/mol. The number of anilines is 1. The minimum atomic E-state index is -0.417.